The van der Waals surface area contributed by atoms with Crippen molar-refractivity contribution in [2.75, 3.05) is 0 Å². The lowest BCUT2D eigenvalue weighted by Crippen LogP contribution is -2.36. The minimum Gasteiger partial charge on any atom is -0.354 e. The number of nitrogens with zero attached hydrogens (tertiary/aromatic N) is 1. The van der Waals surface area contributed by atoms with Crippen LogP contribution in [0.25, 0.3) is 0 Å². The van der Waals surface area contributed by atoms with Gasteiger partial charge in [0.15, 0.2) is 0 Å². The second kappa shape index (κ2) is 6.60. The van der Waals surface area contributed by atoms with Crippen molar-refractivity contribution >= 4 is 17.2 Å². The zero-order chi connectivity index (χ0) is 12.0. The summed E-state index contributed by atoms with van der Waals surface area (Å²) in [5.41, 5.74) is 1.81. The van der Waals surface area contributed by atoms with Crippen LogP contribution in [0.3, 0.4) is 0 Å². The Balaban J connectivity index is 2.20. The van der Waals surface area contributed by atoms with Gasteiger partial charge in [-0.15, -0.1) is 11.3 Å². The molecule has 90 valence electrons. The fourth-order valence-corrected chi connectivity index (χ4v) is 1.88. The van der Waals surface area contributed by atoms with Gasteiger partial charge in [-0.1, -0.05) is 0 Å². The van der Waals surface area contributed by atoms with Gasteiger partial charge in [0.05, 0.1) is 5.51 Å². The molecule has 2 N–H and O–H groups in total. The number of thiazole rings is 1. The molecule has 4 nitrogen and oxygen atoms in total. The second-order valence-corrected chi connectivity index (χ2v) is 5.15. The summed E-state index contributed by atoms with van der Waals surface area (Å²) in [6, 6.07) is 0.391. The third-order valence-corrected chi connectivity index (χ3v) is 2.83. The highest BCUT2D eigenvalue weighted by atomic mass is 32.1. The Kier molecular flexibility index (Phi) is 5.42. The Bertz CT molecular complexity index is 311. The van der Waals surface area contributed by atoms with Gasteiger partial charge in [0.1, 0.15) is 0 Å². The fourth-order valence-electron chi connectivity index (χ4n) is 1.34. The zero-order valence-electron chi connectivity index (χ0n) is 9.99. The molecule has 1 amide bonds. The molecule has 1 heterocycles. The third kappa shape index (κ3) is 5.23. The van der Waals surface area contributed by atoms with Crippen LogP contribution in [-0.4, -0.2) is 23.0 Å². The summed E-state index contributed by atoms with van der Waals surface area (Å²) in [5, 5.41) is 6.18. The third-order valence-electron chi connectivity index (χ3n) is 2.05. The first-order valence-electron chi connectivity index (χ1n) is 5.48. The van der Waals surface area contributed by atoms with E-state index in [4.69, 9.17) is 0 Å². The molecule has 0 fully saturated rings. The van der Waals surface area contributed by atoms with Gasteiger partial charge in [0.25, 0.3) is 0 Å². The SMILES string of the molecule is CC(C)NC(=O)CC(C)NCc1cncs1. The summed E-state index contributed by atoms with van der Waals surface area (Å²) in [4.78, 5) is 16.7. The number of hydrogen-bond acceptors (Lipinski definition) is 4. The Labute approximate surface area is 100 Å². The highest BCUT2D eigenvalue weighted by molar-refractivity contribution is 7.09. The summed E-state index contributed by atoms with van der Waals surface area (Å²) < 4.78 is 0. The van der Waals surface area contributed by atoms with Crippen molar-refractivity contribution in [3.8, 4) is 0 Å². The van der Waals surface area contributed by atoms with Crippen LogP contribution in [0.2, 0.25) is 0 Å². The van der Waals surface area contributed by atoms with Crippen LogP contribution in [0.15, 0.2) is 11.7 Å². The number of carbonyl (C=O) groups is 1. The standard InChI is InChI=1S/C11H19N3OS/c1-8(2)14-11(15)4-9(3)13-6-10-5-12-7-16-10/h5,7-9,13H,4,6H2,1-3H3,(H,14,15). The average Bonchev–Trinajstić information content (AvgIpc) is 2.65. The van der Waals surface area contributed by atoms with E-state index in [9.17, 15) is 4.79 Å². The van der Waals surface area contributed by atoms with E-state index in [-0.39, 0.29) is 18.0 Å². The minimum atomic E-state index is 0.0966. The van der Waals surface area contributed by atoms with Crippen molar-refractivity contribution < 1.29 is 4.79 Å². The van der Waals surface area contributed by atoms with E-state index in [1.54, 1.807) is 11.3 Å². The van der Waals surface area contributed by atoms with Crippen molar-refractivity contribution in [3.63, 3.8) is 0 Å². The predicted molar refractivity (Wildman–Crippen MR) is 66.3 cm³/mol. The Morgan fingerprint density at radius 2 is 2.25 bits per heavy atom. The monoisotopic (exact) mass is 241 g/mol. The number of hydrogen-bond donors (Lipinski definition) is 2. The number of carbonyl (C=O) groups excluding carboxylic acids is 1. The molecule has 0 aromatic carbocycles. The van der Waals surface area contributed by atoms with E-state index in [0.29, 0.717) is 6.42 Å². The van der Waals surface area contributed by atoms with Crippen LogP contribution in [0.1, 0.15) is 32.1 Å². The van der Waals surface area contributed by atoms with Gasteiger partial charge >= 0.3 is 0 Å². The summed E-state index contributed by atoms with van der Waals surface area (Å²) in [6.07, 6.45) is 2.36. The average molecular weight is 241 g/mol. The molecule has 16 heavy (non-hydrogen) atoms. The van der Waals surface area contributed by atoms with Crippen LogP contribution in [0.5, 0.6) is 0 Å². The van der Waals surface area contributed by atoms with Crippen LogP contribution < -0.4 is 10.6 Å². The predicted octanol–water partition coefficient (Wildman–Crippen LogP) is 1.54. The highest BCUT2D eigenvalue weighted by Gasteiger charge is 2.09. The van der Waals surface area contributed by atoms with E-state index >= 15 is 0 Å². The van der Waals surface area contributed by atoms with Crippen molar-refractivity contribution in [1.82, 2.24) is 15.6 Å². The van der Waals surface area contributed by atoms with Crippen molar-refractivity contribution in [2.24, 2.45) is 0 Å². The first kappa shape index (κ1) is 13.1. The molecular formula is C11H19N3OS. The fraction of sp³-hybridized carbons (Fsp3) is 0.636. The van der Waals surface area contributed by atoms with E-state index in [0.717, 1.165) is 6.54 Å². The van der Waals surface area contributed by atoms with E-state index in [2.05, 4.69) is 15.6 Å². The lowest BCUT2D eigenvalue weighted by Gasteiger charge is -2.14. The van der Waals surface area contributed by atoms with Crippen molar-refractivity contribution in [2.45, 2.75) is 45.8 Å². The van der Waals surface area contributed by atoms with Gasteiger partial charge in [-0.2, -0.15) is 0 Å². The van der Waals surface area contributed by atoms with Gasteiger partial charge in [-0.3, -0.25) is 9.78 Å². The molecule has 0 aliphatic rings. The Hall–Kier alpha value is -0.940. The molecule has 1 rings (SSSR count). The molecule has 1 atom stereocenters. The first-order chi connectivity index (χ1) is 7.58. The Morgan fingerprint density at radius 1 is 1.50 bits per heavy atom. The molecule has 0 bridgehead atoms. The zero-order valence-corrected chi connectivity index (χ0v) is 10.8. The van der Waals surface area contributed by atoms with Crippen LogP contribution in [-0.2, 0) is 11.3 Å². The lowest BCUT2D eigenvalue weighted by atomic mass is 10.2. The van der Waals surface area contributed by atoms with Gasteiger partial charge in [-0.05, 0) is 20.8 Å². The Morgan fingerprint density at radius 3 is 2.81 bits per heavy atom. The number of aromatic nitrogens is 1. The molecule has 0 aliphatic heterocycles. The van der Waals surface area contributed by atoms with E-state index in [1.807, 2.05) is 32.5 Å². The highest BCUT2D eigenvalue weighted by Crippen LogP contribution is 2.05. The smallest absolute Gasteiger partial charge is 0.221 e. The normalized spacial score (nSPS) is 12.8. The summed E-state index contributed by atoms with van der Waals surface area (Å²) in [7, 11) is 0. The van der Waals surface area contributed by atoms with Gasteiger partial charge in [0, 0.05) is 36.1 Å². The molecule has 0 radical (unpaired) electrons. The summed E-state index contributed by atoms with van der Waals surface area (Å²) >= 11 is 1.62. The molecule has 0 aliphatic carbocycles. The second-order valence-electron chi connectivity index (χ2n) is 4.18. The van der Waals surface area contributed by atoms with Crippen LogP contribution in [0.4, 0.5) is 0 Å². The van der Waals surface area contributed by atoms with Crippen LogP contribution in [0, 0.1) is 0 Å². The molecule has 1 aromatic rings. The first-order valence-corrected chi connectivity index (χ1v) is 6.36. The largest absolute Gasteiger partial charge is 0.354 e. The molecule has 0 saturated heterocycles. The number of amides is 1. The minimum absolute atomic E-state index is 0.0966. The van der Waals surface area contributed by atoms with Gasteiger partial charge < -0.3 is 10.6 Å². The van der Waals surface area contributed by atoms with E-state index < -0.39 is 0 Å². The maximum atomic E-state index is 11.5. The maximum absolute atomic E-state index is 11.5. The van der Waals surface area contributed by atoms with E-state index in [1.165, 1.54) is 4.88 Å². The van der Waals surface area contributed by atoms with Gasteiger partial charge in [-0.25, -0.2) is 0 Å². The quantitative estimate of drug-likeness (QED) is 0.794. The lowest BCUT2D eigenvalue weighted by molar-refractivity contribution is -0.122. The molecule has 1 unspecified atom stereocenters. The number of nitrogens with one attached hydrogen (secondary N) is 2. The molecule has 0 saturated carbocycles. The summed E-state index contributed by atoms with van der Waals surface area (Å²) in [6.45, 7) is 6.72. The molecule has 5 heteroatoms. The maximum Gasteiger partial charge on any atom is 0.221 e. The number of rotatable bonds is 6. The molecule has 1 aromatic heterocycles. The molecule has 0 spiro atoms. The molecular weight excluding hydrogens is 222 g/mol. The topological polar surface area (TPSA) is 54.0 Å². The van der Waals surface area contributed by atoms with Crippen LogP contribution >= 0.6 is 11.3 Å². The summed E-state index contributed by atoms with van der Waals surface area (Å²) in [5.74, 6) is 0.0966. The van der Waals surface area contributed by atoms with Crippen molar-refractivity contribution in [3.05, 3.63) is 16.6 Å². The van der Waals surface area contributed by atoms with Crippen molar-refractivity contribution in [1.29, 1.82) is 0 Å². The van der Waals surface area contributed by atoms with Gasteiger partial charge in [0.2, 0.25) is 5.91 Å².